The molecule has 1 aromatic heterocycles. The quantitative estimate of drug-likeness (QED) is 0.615. The van der Waals surface area contributed by atoms with Crippen LogP contribution >= 0.6 is 0 Å². The molecule has 0 spiro atoms. The predicted octanol–water partition coefficient (Wildman–Crippen LogP) is 0.0662. The fourth-order valence-corrected chi connectivity index (χ4v) is 0.585. The molecule has 3 nitrogen and oxygen atoms in total. The summed E-state index contributed by atoms with van der Waals surface area (Å²) >= 11 is 0. The van der Waals surface area contributed by atoms with Crippen LogP contribution in [0.1, 0.15) is 16.7 Å². The molecule has 0 atom stereocenters. The zero-order valence-electron chi connectivity index (χ0n) is 9.07. The third-order valence-electron chi connectivity index (χ3n) is 1.03. The van der Waals surface area contributed by atoms with E-state index in [0.717, 1.165) is 6.07 Å². The summed E-state index contributed by atoms with van der Waals surface area (Å²) in [6, 6.07) is 2.51. The van der Waals surface area contributed by atoms with E-state index in [9.17, 15) is 0 Å². The number of aromatic nitrogens is 1. The highest BCUT2D eigenvalue weighted by Crippen LogP contribution is 2.03. The average molecular weight is 143 g/mol. The molecule has 0 aliphatic heterocycles. The summed E-state index contributed by atoms with van der Waals surface area (Å²) in [4.78, 5) is 3.49. The Morgan fingerprint density at radius 2 is 2.30 bits per heavy atom. The fourth-order valence-electron chi connectivity index (χ4n) is 0.585. The Morgan fingerprint density at radius 3 is 2.80 bits per heavy atom. The van der Waals surface area contributed by atoms with Crippen molar-refractivity contribution in [3.05, 3.63) is 29.6 Å². The summed E-state index contributed by atoms with van der Waals surface area (Å²) in [6.45, 7) is -5.49. The zero-order chi connectivity index (χ0) is 11.0. The summed E-state index contributed by atoms with van der Waals surface area (Å²) in [5, 5.41) is 18.1. The maximum Gasteiger partial charge on any atom is 0.0856 e. The van der Waals surface area contributed by atoms with Crippen molar-refractivity contribution in [1.82, 2.24) is 4.98 Å². The first-order valence-corrected chi connectivity index (χ1v) is 2.63. The van der Waals surface area contributed by atoms with Crippen LogP contribution in [0, 0.1) is 0 Å². The minimum atomic E-state index is -2.77. The van der Waals surface area contributed by atoms with Crippen molar-refractivity contribution in [3.63, 3.8) is 0 Å². The van der Waals surface area contributed by atoms with E-state index in [1.165, 1.54) is 12.3 Å². The van der Waals surface area contributed by atoms with Crippen LogP contribution in [0.15, 0.2) is 18.3 Å². The monoisotopic (exact) mass is 143 g/mol. The summed E-state index contributed by atoms with van der Waals surface area (Å²) in [5.74, 6) is 0. The first-order valence-electron chi connectivity index (χ1n) is 4.63. The van der Waals surface area contributed by atoms with Crippen LogP contribution in [-0.2, 0) is 13.1 Å². The van der Waals surface area contributed by atoms with Crippen LogP contribution in [0.4, 0.5) is 0 Å². The second-order valence-corrected chi connectivity index (χ2v) is 1.62. The second-order valence-electron chi connectivity index (χ2n) is 1.62. The molecular weight excluding hydrogens is 130 g/mol. The summed E-state index contributed by atoms with van der Waals surface area (Å²) < 4.78 is 27.9. The second kappa shape index (κ2) is 3.29. The number of aliphatic hydroxyl groups is 2. The number of hydrogen-bond donors (Lipinski definition) is 2. The minimum absolute atomic E-state index is 0.382. The van der Waals surface area contributed by atoms with E-state index in [2.05, 4.69) is 4.98 Å². The Labute approximate surface area is 64.6 Å². The van der Waals surface area contributed by atoms with E-state index < -0.39 is 18.8 Å². The molecule has 0 fully saturated rings. The van der Waals surface area contributed by atoms with Gasteiger partial charge in [0.2, 0.25) is 0 Å². The molecule has 1 rings (SSSR count). The van der Waals surface area contributed by atoms with Crippen molar-refractivity contribution in [2.45, 2.75) is 13.1 Å². The minimum Gasteiger partial charge on any atom is -0.392 e. The van der Waals surface area contributed by atoms with Crippen LogP contribution in [0.2, 0.25) is 0 Å². The normalized spacial score (nSPS) is 18.6. The predicted molar refractivity (Wildman–Crippen MR) is 36.1 cm³/mol. The molecule has 3 heteroatoms. The largest absolute Gasteiger partial charge is 0.392 e. The average Bonchev–Trinajstić information content (AvgIpc) is 2.01. The van der Waals surface area contributed by atoms with Crippen LogP contribution in [0.3, 0.4) is 0 Å². The molecule has 0 unspecified atom stereocenters. The smallest absolute Gasteiger partial charge is 0.0856 e. The van der Waals surface area contributed by atoms with Gasteiger partial charge in [-0.2, -0.15) is 0 Å². The maximum atomic E-state index is 9.05. The summed E-state index contributed by atoms with van der Waals surface area (Å²) in [6.07, 6.45) is 1.21. The van der Waals surface area contributed by atoms with E-state index >= 15 is 0 Å². The van der Waals surface area contributed by atoms with Gasteiger partial charge in [0.1, 0.15) is 0 Å². The highest BCUT2D eigenvalue weighted by atomic mass is 16.3. The Kier molecular flexibility index (Phi) is 1.14. The van der Waals surface area contributed by atoms with Gasteiger partial charge in [-0.1, -0.05) is 6.07 Å². The summed E-state index contributed by atoms with van der Waals surface area (Å²) in [7, 11) is 0. The molecule has 0 saturated carbocycles. The Morgan fingerprint density at radius 1 is 1.50 bits per heavy atom. The molecule has 0 aliphatic carbocycles. The molecule has 1 heterocycles. The first kappa shape index (κ1) is 3.46. The SMILES string of the molecule is [2H]C([2H])(O)c1cccnc1C([2H])([2H])O. The lowest BCUT2D eigenvalue weighted by atomic mass is 10.2. The van der Waals surface area contributed by atoms with Crippen LogP contribution in [0.5, 0.6) is 0 Å². The molecule has 54 valence electrons. The van der Waals surface area contributed by atoms with E-state index in [0.29, 0.717) is 0 Å². The fraction of sp³-hybridized carbons (Fsp3) is 0.286. The molecule has 0 radical (unpaired) electrons. The van der Waals surface area contributed by atoms with Gasteiger partial charge in [0.05, 0.1) is 24.3 Å². The Balaban J connectivity index is 3.31. The molecule has 10 heavy (non-hydrogen) atoms. The number of rotatable bonds is 2. The van der Waals surface area contributed by atoms with Crippen LogP contribution in [-0.4, -0.2) is 15.2 Å². The van der Waals surface area contributed by atoms with Crippen molar-refractivity contribution >= 4 is 0 Å². The van der Waals surface area contributed by atoms with Crippen molar-refractivity contribution in [2.24, 2.45) is 0 Å². The van der Waals surface area contributed by atoms with Crippen LogP contribution < -0.4 is 0 Å². The van der Waals surface area contributed by atoms with Crippen molar-refractivity contribution in [3.8, 4) is 0 Å². The van der Waals surface area contributed by atoms with Gasteiger partial charge in [-0.05, 0) is 6.07 Å². The van der Waals surface area contributed by atoms with Gasteiger partial charge in [-0.25, -0.2) is 0 Å². The standard InChI is InChI=1S/C7H9NO2/c9-4-6-2-1-3-8-7(6)5-10/h1-3,9-10H,4-5H2/i4D2,5D2. The van der Waals surface area contributed by atoms with E-state index in [-0.39, 0.29) is 5.56 Å². The molecule has 2 N–H and O–H groups in total. The number of nitrogens with zero attached hydrogens (tertiary/aromatic N) is 1. The van der Waals surface area contributed by atoms with Gasteiger partial charge in [-0.3, -0.25) is 4.98 Å². The topological polar surface area (TPSA) is 53.4 Å². The third kappa shape index (κ3) is 1.32. The van der Waals surface area contributed by atoms with E-state index in [1.807, 2.05) is 0 Å². The molecule has 0 amide bonds. The van der Waals surface area contributed by atoms with Crippen molar-refractivity contribution < 1.29 is 15.7 Å². The van der Waals surface area contributed by atoms with Gasteiger partial charge in [0.15, 0.2) is 0 Å². The highest BCUT2D eigenvalue weighted by Gasteiger charge is 1.97. The Hall–Kier alpha value is -0.930. The number of hydrogen-bond acceptors (Lipinski definition) is 3. The lowest BCUT2D eigenvalue weighted by Crippen LogP contribution is -1.95. The van der Waals surface area contributed by atoms with Gasteiger partial charge in [0, 0.05) is 11.8 Å². The van der Waals surface area contributed by atoms with Gasteiger partial charge in [0.25, 0.3) is 0 Å². The van der Waals surface area contributed by atoms with Gasteiger partial charge >= 0.3 is 0 Å². The molecule has 0 aliphatic rings. The third-order valence-corrected chi connectivity index (χ3v) is 1.03. The van der Waals surface area contributed by atoms with Gasteiger partial charge in [-0.15, -0.1) is 0 Å². The molecule has 0 aromatic carbocycles. The molecule has 1 aromatic rings. The summed E-state index contributed by atoms with van der Waals surface area (Å²) in [5.41, 5.74) is -0.903. The molecule has 0 bridgehead atoms. The van der Waals surface area contributed by atoms with E-state index in [1.54, 1.807) is 0 Å². The van der Waals surface area contributed by atoms with Crippen molar-refractivity contribution in [1.29, 1.82) is 0 Å². The van der Waals surface area contributed by atoms with E-state index in [4.69, 9.17) is 15.7 Å². The van der Waals surface area contributed by atoms with Gasteiger partial charge < -0.3 is 10.2 Å². The van der Waals surface area contributed by atoms with Crippen molar-refractivity contribution in [2.75, 3.05) is 0 Å². The maximum absolute atomic E-state index is 9.05. The number of pyridine rings is 1. The molecular formula is C7H9NO2. The lowest BCUT2D eigenvalue weighted by molar-refractivity contribution is 0.256. The Bertz CT molecular complexity index is 298. The molecule has 0 saturated heterocycles. The van der Waals surface area contributed by atoms with Crippen LogP contribution in [0.25, 0.3) is 0 Å². The zero-order valence-corrected chi connectivity index (χ0v) is 5.07. The highest BCUT2D eigenvalue weighted by molar-refractivity contribution is 5.17. The lowest BCUT2D eigenvalue weighted by Gasteiger charge is -1.99. The first-order chi connectivity index (χ1) is 6.23.